The first-order valence-corrected chi connectivity index (χ1v) is 9.01. The summed E-state index contributed by atoms with van der Waals surface area (Å²) in [4.78, 5) is 33.6. The molecule has 2 saturated carbocycles. The summed E-state index contributed by atoms with van der Waals surface area (Å²) in [6.45, 7) is 4.11. The Morgan fingerprint density at radius 2 is 2.04 bits per heavy atom. The third-order valence-corrected chi connectivity index (χ3v) is 5.98. The van der Waals surface area contributed by atoms with E-state index < -0.39 is 17.8 Å². The van der Waals surface area contributed by atoms with Gasteiger partial charge in [0, 0.05) is 13.6 Å². The van der Waals surface area contributed by atoms with E-state index in [0.717, 1.165) is 18.8 Å². The van der Waals surface area contributed by atoms with E-state index in [0.29, 0.717) is 12.0 Å². The van der Waals surface area contributed by atoms with Gasteiger partial charge < -0.3 is 4.98 Å². The summed E-state index contributed by atoms with van der Waals surface area (Å²) >= 11 is 0. The lowest BCUT2D eigenvalue weighted by molar-refractivity contribution is 0.140. The first-order valence-electron chi connectivity index (χ1n) is 9.01. The number of nitrogens with zero attached hydrogens (tertiary/aromatic N) is 3. The van der Waals surface area contributed by atoms with Crippen LogP contribution in [0.15, 0.2) is 11.4 Å². The minimum absolute atomic E-state index is 0.0266. The van der Waals surface area contributed by atoms with Gasteiger partial charge in [0.25, 0.3) is 12.0 Å². The Kier molecular flexibility index (Phi) is 3.89. The Morgan fingerprint density at radius 3 is 2.62 bits per heavy atom. The predicted molar refractivity (Wildman–Crippen MR) is 93.0 cm³/mol. The Labute approximate surface area is 149 Å². The highest BCUT2D eigenvalue weighted by Gasteiger charge is 2.52. The number of carbonyl (C=O) groups excluding carboxylic acids is 1. The number of carbonyl (C=O) groups is 1. The largest absolute Gasteiger partial charge is 0.328 e. The standard InChI is InChI=1S/C18H22F2N4O2/c1-10-12-13(16(25)22-15(21-12)14(19)20)24(17(26)23(10)2)9-3-6-18(7-8-18)11-4-5-11/h11,14H,1,3-9H2,2H3,(H,21,22,25). The molecule has 1 aliphatic heterocycles. The number of alkyl halides is 2. The van der Waals surface area contributed by atoms with Crippen LogP contribution in [0.25, 0.3) is 5.70 Å². The second kappa shape index (κ2) is 5.89. The quantitative estimate of drug-likeness (QED) is 0.840. The molecule has 0 saturated heterocycles. The lowest BCUT2D eigenvalue weighted by Gasteiger charge is -2.35. The zero-order chi connectivity index (χ0) is 18.6. The number of fused-ring (bicyclic) bond motifs is 1. The van der Waals surface area contributed by atoms with Crippen molar-refractivity contribution >= 4 is 17.4 Å². The van der Waals surface area contributed by atoms with Crippen LogP contribution < -0.4 is 10.5 Å². The normalized spacial score (nSPS) is 21.4. The second-order valence-corrected chi connectivity index (χ2v) is 7.63. The van der Waals surface area contributed by atoms with Crippen LogP contribution in [-0.4, -0.2) is 34.5 Å². The molecule has 8 heteroatoms. The smallest absolute Gasteiger partial charge is 0.304 e. The van der Waals surface area contributed by atoms with Crippen LogP contribution in [0, 0.1) is 11.3 Å². The van der Waals surface area contributed by atoms with E-state index in [-0.39, 0.29) is 23.1 Å². The highest BCUT2D eigenvalue weighted by molar-refractivity contribution is 6.03. The van der Waals surface area contributed by atoms with Crippen molar-refractivity contribution in [1.29, 1.82) is 0 Å². The topological polar surface area (TPSA) is 69.3 Å². The van der Waals surface area contributed by atoms with Gasteiger partial charge in [-0.25, -0.2) is 18.6 Å². The molecule has 0 atom stereocenters. The fourth-order valence-electron chi connectivity index (χ4n) is 4.11. The molecule has 140 valence electrons. The summed E-state index contributed by atoms with van der Waals surface area (Å²) in [5, 5.41) is 0. The minimum Gasteiger partial charge on any atom is -0.304 e. The molecule has 6 nitrogen and oxygen atoms in total. The number of halogens is 2. The number of anilines is 1. The number of hydrogen-bond donors (Lipinski definition) is 1. The molecular formula is C18H22F2N4O2. The summed E-state index contributed by atoms with van der Waals surface area (Å²) in [5.41, 5.74) is -0.0446. The van der Waals surface area contributed by atoms with Crippen LogP contribution in [0.2, 0.25) is 0 Å². The zero-order valence-corrected chi connectivity index (χ0v) is 14.7. The zero-order valence-electron chi connectivity index (χ0n) is 14.7. The fraction of sp³-hybridized carbons (Fsp3) is 0.611. The van der Waals surface area contributed by atoms with Gasteiger partial charge in [-0.2, -0.15) is 0 Å². The molecule has 2 amide bonds. The summed E-state index contributed by atoms with van der Waals surface area (Å²) in [6, 6.07) is -0.379. The summed E-state index contributed by atoms with van der Waals surface area (Å²) in [7, 11) is 1.51. The lowest BCUT2D eigenvalue weighted by Crippen LogP contribution is -2.48. The Bertz CT molecular complexity index is 827. The van der Waals surface area contributed by atoms with Gasteiger partial charge in [-0.05, 0) is 49.9 Å². The lowest BCUT2D eigenvalue weighted by atomic mass is 9.94. The number of amides is 2. The number of aromatic nitrogens is 2. The predicted octanol–water partition coefficient (Wildman–Crippen LogP) is 3.52. The molecule has 0 unspecified atom stereocenters. The van der Waals surface area contributed by atoms with Crippen LogP contribution in [0.4, 0.5) is 19.3 Å². The van der Waals surface area contributed by atoms with Crippen molar-refractivity contribution in [3.05, 3.63) is 28.5 Å². The van der Waals surface area contributed by atoms with Crippen LogP contribution in [0.1, 0.15) is 56.5 Å². The van der Waals surface area contributed by atoms with Gasteiger partial charge in [-0.1, -0.05) is 6.58 Å². The first kappa shape index (κ1) is 17.2. The van der Waals surface area contributed by atoms with Gasteiger partial charge in [0.2, 0.25) is 0 Å². The van der Waals surface area contributed by atoms with Gasteiger partial charge in [-0.3, -0.25) is 14.6 Å². The van der Waals surface area contributed by atoms with Gasteiger partial charge in [0.1, 0.15) is 11.4 Å². The van der Waals surface area contributed by atoms with E-state index in [1.165, 1.54) is 42.5 Å². The third-order valence-electron chi connectivity index (χ3n) is 5.98. The maximum absolute atomic E-state index is 13.0. The molecule has 0 radical (unpaired) electrons. The highest BCUT2D eigenvalue weighted by atomic mass is 19.3. The third kappa shape index (κ3) is 2.71. The highest BCUT2D eigenvalue weighted by Crippen LogP contribution is 2.63. The van der Waals surface area contributed by atoms with Gasteiger partial charge in [-0.15, -0.1) is 0 Å². The number of nitrogens with one attached hydrogen (secondary N) is 1. The molecule has 1 N–H and O–H groups in total. The van der Waals surface area contributed by atoms with E-state index in [1.54, 1.807) is 0 Å². The molecule has 3 aliphatic rings. The van der Waals surface area contributed by atoms with Gasteiger partial charge in [0.15, 0.2) is 5.82 Å². The van der Waals surface area contributed by atoms with Crippen molar-refractivity contribution in [3.8, 4) is 0 Å². The molecule has 0 aromatic carbocycles. The molecular weight excluding hydrogens is 342 g/mol. The number of H-pyrrole nitrogens is 1. The molecule has 2 fully saturated rings. The van der Waals surface area contributed by atoms with Crippen LogP contribution >= 0.6 is 0 Å². The maximum atomic E-state index is 13.0. The van der Waals surface area contributed by atoms with Crippen LogP contribution in [0.5, 0.6) is 0 Å². The van der Waals surface area contributed by atoms with Crippen LogP contribution in [0.3, 0.4) is 0 Å². The van der Waals surface area contributed by atoms with Crippen molar-refractivity contribution in [2.45, 2.75) is 45.0 Å². The summed E-state index contributed by atoms with van der Waals surface area (Å²) < 4.78 is 26.0. The number of hydrogen-bond acceptors (Lipinski definition) is 3. The maximum Gasteiger partial charge on any atom is 0.328 e. The van der Waals surface area contributed by atoms with E-state index in [9.17, 15) is 18.4 Å². The van der Waals surface area contributed by atoms with E-state index in [1.807, 2.05) is 0 Å². The average Bonchev–Trinajstić information content (AvgIpc) is 3.48. The van der Waals surface area contributed by atoms with Gasteiger partial charge in [0.05, 0.1) is 5.70 Å². The first-order chi connectivity index (χ1) is 12.3. The number of rotatable bonds is 6. The van der Waals surface area contributed by atoms with Crippen molar-refractivity contribution in [2.24, 2.45) is 11.3 Å². The summed E-state index contributed by atoms with van der Waals surface area (Å²) in [6.07, 6.45) is 4.00. The van der Waals surface area contributed by atoms with E-state index in [4.69, 9.17) is 0 Å². The Morgan fingerprint density at radius 1 is 1.35 bits per heavy atom. The van der Waals surface area contributed by atoms with E-state index in [2.05, 4.69) is 16.5 Å². The molecule has 0 spiro atoms. The second-order valence-electron chi connectivity index (χ2n) is 7.63. The minimum atomic E-state index is -2.90. The molecule has 2 aliphatic carbocycles. The Balaban J connectivity index is 1.60. The van der Waals surface area contributed by atoms with E-state index >= 15 is 0 Å². The van der Waals surface area contributed by atoms with Crippen LogP contribution in [-0.2, 0) is 0 Å². The number of urea groups is 1. The summed E-state index contributed by atoms with van der Waals surface area (Å²) in [5.74, 6) is 0.122. The molecule has 26 heavy (non-hydrogen) atoms. The molecule has 2 heterocycles. The molecule has 1 aromatic heterocycles. The SMILES string of the molecule is C=C1c2nc(C(F)F)[nH]c(=O)c2N(CCCC2(C3CC3)CC2)C(=O)N1C. The van der Waals surface area contributed by atoms with Crippen molar-refractivity contribution in [3.63, 3.8) is 0 Å². The Hall–Kier alpha value is -2.25. The average molecular weight is 364 g/mol. The van der Waals surface area contributed by atoms with Crippen molar-refractivity contribution in [1.82, 2.24) is 14.9 Å². The fourth-order valence-corrected chi connectivity index (χ4v) is 4.11. The van der Waals surface area contributed by atoms with Crippen molar-refractivity contribution in [2.75, 3.05) is 18.5 Å². The molecule has 1 aromatic rings. The van der Waals surface area contributed by atoms with Crippen molar-refractivity contribution < 1.29 is 13.6 Å². The number of aromatic amines is 1. The molecule has 4 rings (SSSR count). The monoisotopic (exact) mass is 364 g/mol. The van der Waals surface area contributed by atoms with Gasteiger partial charge >= 0.3 is 6.03 Å². The molecule has 0 bridgehead atoms.